The zero-order valence-corrected chi connectivity index (χ0v) is 19.9. The lowest BCUT2D eigenvalue weighted by atomic mass is 9.87. The monoisotopic (exact) mass is 443 g/mol. The predicted molar refractivity (Wildman–Crippen MR) is 137 cm³/mol. The van der Waals surface area contributed by atoms with Gasteiger partial charge in [0.05, 0.1) is 6.04 Å². The molecule has 3 N–H and O–H groups in total. The first-order chi connectivity index (χ1) is 16.1. The van der Waals surface area contributed by atoms with Crippen molar-refractivity contribution in [3.8, 4) is 0 Å². The molecule has 3 aromatic rings. The summed E-state index contributed by atoms with van der Waals surface area (Å²) in [5.41, 5.74) is 10.8. The van der Waals surface area contributed by atoms with E-state index in [0.717, 1.165) is 24.9 Å². The van der Waals surface area contributed by atoms with Crippen LogP contribution in [0, 0.1) is 6.92 Å². The number of amides is 1. The minimum absolute atomic E-state index is 0.0474. The summed E-state index contributed by atoms with van der Waals surface area (Å²) in [6, 6.07) is 29.4. The van der Waals surface area contributed by atoms with Gasteiger partial charge < -0.3 is 11.1 Å². The smallest absolute Gasteiger partial charge is 0.237 e. The molecule has 0 aliphatic heterocycles. The third-order valence-corrected chi connectivity index (χ3v) is 6.27. The van der Waals surface area contributed by atoms with Crippen LogP contribution >= 0.6 is 0 Å². The molecule has 0 aromatic heterocycles. The molecule has 174 valence electrons. The second-order valence-corrected chi connectivity index (χ2v) is 8.79. The fourth-order valence-corrected chi connectivity index (χ4v) is 4.32. The Morgan fingerprint density at radius 3 is 2.00 bits per heavy atom. The molecule has 0 aliphatic carbocycles. The number of carbonyl (C=O) groups excluding carboxylic acids is 1. The Bertz CT molecular complexity index is 918. The summed E-state index contributed by atoms with van der Waals surface area (Å²) in [7, 11) is 2.03. The molecule has 0 aliphatic rings. The van der Waals surface area contributed by atoms with Crippen LogP contribution in [-0.2, 0) is 11.3 Å². The van der Waals surface area contributed by atoms with Gasteiger partial charge in [-0.15, -0.1) is 0 Å². The summed E-state index contributed by atoms with van der Waals surface area (Å²) < 4.78 is 0. The highest BCUT2D eigenvalue weighted by Gasteiger charge is 2.22. The van der Waals surface area contributed by atoms with Crippen LogP contribution in [0.3, 0.4) is 0 Å². The van der Waals surface area contributed by atoms with E-state index in [9.17, 15) is 4.79 Å². The molecule has 0 saturated carbocycles. The van der Waals surface area contributed by atoms with E-state index in [2.05, 4.69) is 102 Å². The van der Waals surface area contributed by atoms with Crippen LogP contribution in [0.5, 0.6) is 0 Å². The van der Waals surface area contributed by atoms with E-state index in [1.807, 2.05) is 7.05 Å². The molecule has 0 saturated heterocycles. The first kappa shape index (κ1) is 24.7. The maximum atomic E-state index is 12.9. The summed E-state index contributed by atoms with van der Waals surface area (Å²) in [5.74, 6) is 0.398. The predicted octanol–water partition coefficient (Wildman–Crippen LogP) is 4.87. The van der Waals surface area contributed by atoms with Gasteiger partial charge in [0.2, 0.25) is 5.91 Å². The molecule has 0 radical (unpaired) electrons. The number of hydrogen-bond donors (Lipinski definition) is 2. The molecule has 0 spiro atoms. The largest absolute Gasteiger partial charge is 0.351 e. The van der Waals surface area contributed by atoms with Crippen molar-refractivity contribution in [1.82, 2.24) is 10.2 Å². The fraction of sp³-hybridized carbons (Fsp3) is 0.345. The second kappa shape index (κ2) is 12.9. The molecule has 1 unspecified atom stereocenters. The second-order valence-electron chi connectivity index (χ2n) is 8.79. The quantitative estimate of drug-likeness (QED) is 0.420. The first-order valence-corrected chi connectivity index (χ1v) is 11.9. The van der Waals surface area contributed by atoms with Crippen molar-refractivity contribution in [2.45, 2.75) is 44.7 Å². The number of nitrogens with one attached hydrogen (secondary N) is 1. The Morgan fingerprint density at radius 1 is 0.879 bits per heavy atom. The number of hydrogen-bond acceptors (Lipinski definition) is 3. The van der Waals surface area contributed by atoms with Crippen molar-refractivity contribution in [3.63, 3.8) is 0 Å². The number of benzene rings is 3. The number of carbonyl (C=O) groups is 1. The maximum absolute atomic E-state index is 12.9. The molecular formula is C29H37N3O. The molecule has 4 heteroatoms. The third-order valence-electron chi connectivity index (χ3n) is 6.27. The van der Waals surface area contributed by atoms with Crippen molar-refractivity contribution in [3.05, 3.63) is 107 Å². The first-order valence-electron chi connectivity index (χ1n) is 11.9. The highest BCUT2D eigenvalue weighted by atomic mass is 16.2. The number of likely N-dealkylation sites (N-methyl/N-ethyl adjacent to an activating group) is 1. The van der Waals surface area contributed by atoms with E-state index >= 15 is 0 Å². The Balaban J connectivity index is 1.58. The lowest BCUT2D eigenvalue weighted by Crippen LogP contribution is -2.46. The molecule has 33 heavy (non-hydrogen) atoms. The Morgan fingerprint density at radius 2 is 1.45 bits per heavy atom. The van der Waals surface area contributed by atoms with Gasteiger partial charge in [0.15, 0.2) is 0 Å². The van der Waals surface area contributed by atoms with Crippen molar-refractivity contribution in [1.29, 1.82) is 0 Å². The number of nitrogens with two attached hydrogens (primary N) is 1. The zero-order valence-electron chi connectivity index (χ0n) is 19.9. The minimum atomic E-state index is -0.215. The zero-order chi connectivity index (χ0) is 23.5. The Hall–Kier alpha value is -2.95. The molecular weight excluding hydrogens is 406 g/mol. The molecule has 1 amide bonds. The van der Waals surface area contributed by atoms with E-state index in [1.54, 1.807) is 0 Å². The Labute approximate surface area is 198 Å². The standard InChI is InChI=1S/C29H37N3O/c1-23-15-17-24(18-16-23)22-31-29(33)28(19-20-30)32(2)21-9-14-27(25-10-5-3-6-11-25)26-12-7-4-8-13-26/h3-8,10-13,15-18,27-28H,9,14,19-22,30H2,1-2H3,(H,31,33). The van der Waals surface area contributed by atoms with Gasteiger partial charge in [-0.05, 0) is 63.0 Å². The fourth-order valence-electron chi connectivity index (χ4n) is 4.32. The number of aryl methyl sites for hydroxylation is 1. The van der Waals surface area contributed by atoms with Crippen LogP contribution in [0.1, 0.15) is 47.4 Å². The molecule has 3 aromatic carbocycles. The van der Waals surface area contributed by atoms with Crippen LogP contribution in [0.4, 0.5) is 0 Å². The van der Waals surface area contributed by atoms with Gasteiger partial charge >= 0.3 is 0 Å². The molecule has 0 bridgehead atoms. The van der Waals surface area contributed by atoms with Gasteiger partial charge in [-0.3, -0.25) is 9.69 Å². The lowest BCUT2D eigenvalue weighted by molar-refractivity contribution is -0.126. The van der Waals surface area contributed by atoms with Gasteiger partial charge in [0.25, 0.3) is 0 Å². The van der Waals surface area contributed by atoms with Crippen molar-refractivity contribution in [2.24, 2.45) is 5.73 Å². The lowest BCUT2D eigenvalue weighted by Gasteiger charge is -2.28. The molecule has 0 fully saturated rings. The van der Waals surface area contributed by atoms with Crippen LogP contribution < -0.4 is 11.1 Å². The van der Waals surface area contributed by atoms with Gasteiger partial charge in [-0.2, -0.15) is 0 Å². The van der Waals surface area contributed by atoms with E-state index in [1.165, 1.54) is 16.7 Å². The van der Waals surface area contributed by atoms with Crippen LogP contribution in [0.25, 0.3) is 0 Å². The number of nitrogens with zero attached hydrogens (tertiary/aromatic N) is 1. The summed E-state index contributed by atoms with van der Waals surface area (Å²) in [6.45, 7) is 3.94. The summed E-state index contributed by atoms with van der Waals surface area (Å²) in [5, 5.41) is 3.10. The molecule has 4 nitrogen and oxygen atoms in total. The van der Waals surface area contributed by atoms with E-state index in [0.29, 0.717) is 25.4 Å². The normalized spacial score (nSPS) is 12.2. The van der Waals surface area contributed by atoms with Gasteiger partial charge in [-0.1, -0.05) is 90.5 Å². The van der Waals surface area contributed by atoms with Gasteiger partial charge in [0, 0.05) is 12.5 Å². The van der Waals surface area contributed by atoms with Crippen molar-refractivity contribution < 1.29 is 4.79 Å². The molecule has 1 atom stereocenters. The molecule has 3 rings (SSSR count). The summed E-state index contributed by atoms with van der Waals surface area (Å²) >= 11 is 0. The van der Waals surface area contributed by atoms with Crippen LogP contribution in [0.15, 0.2) is 84.9 Å². The topological polar surface area (TPSA) is 58.4 Å². The van der Waals surface area contributed by atoms with E-state index in [-0.39, 0.29) is 11.9 Å². The maximum Gasteiger partial charge on any atom is 0.237 e. The Kier molecular flexibility index (Phi) is 9.67. The SMILES string of the molecule is Cc1ccc(CNC(=O)C(CCN)N(C)CCCC(c2ccccc2)c2ccccc2)cc1. The van der Waals surface area contributed by atoms with Gasteiger partial charge in [-0.25, -0.2) is 0 Å². The highest BCUT2D eigenvalue weighted by molar-refractivity contribution is 5.81. The van der Waals surface area contributed by atoms with Crippen molar-refractivity contribution in [2.75, 3.05) is 20.1 Å². The average Bonchev–Trinajstić information content (AvgIpc) is 2.85. The van der Waals surface area contributed by atoms with E-state index in [4.69, 9.17) is 5.73 Å². The third kappa shape index (κ3) is 7.55. The highest BCUT2D eigenvalue weighted by Crippen LogP contribution is 2.29. The molecule has 0 heterocycles. The summed E-state index contributed by atoms with van der Waals surface area (Å²) in [6.07, 6.45) is 2.67. The van der Waals surface area contributed by atoms with Crippen molar-refractivity contribution >= 4 is 5.91 Å². The summed E-state index contributed by atoms with van der Waals surface area (Å²) in [4.78, 5) is 15.1. The average molecular weight is 444 g/mol. The van der Waals surface area contributed by atoms with Gasteiger partial charge in [0.1, 0.15) is 0 Å². The van der Waals surface area contributed by atoms with Crippen LogP contribution in [-0.4, -0.2) is 37.0 Å². The van der Waals surface area contributed by atoms with Crippen LogP contribution in [0.2, 0.25) is 0 Å². The minimum Gasteiger partial charge on any atom is -0.351 e. The van der Waals surface area contributed by atoms with E-state index < -0.39 is 0 Å². The number of rotatable bonds is 12.